The fourth-order valence-corrected chi connectivity index (χ4v) is 5.54. The summed E-state index contributed by atoms with van der Waals surface area (Å²) in [6, 6.07) is 15.6. The fraction of sp³-hybridized carbons (Fsp3) is 0.226. The zero-order valence-corrected chi connectivity index (χ0v) is 22.5. The molecule has 10 heteroatoms. The number of amides is 1. The van der Waals surface area contributed by atoms with Gasteiger partial charge in [0.15, 0.2) is 17.2 Å². The minimum Gasteiger partial charge on any atom is -0.497 e. The number of hydrogen-bond acceptors (Lipinski definition) is 7. The van der Waals surface area contributed by atoms with Crippen LogP contribution in [0.1, 0.15) is 32.1 Å². The number of ether oxygens (including phenoxy) is 1. The number of benzene rings is 1. The van der Waals surface area contributed by atoms with E-state index in [1.807, 2.05) is 48.5 Å². The SMILES string of the molecule is COc1cccc(-c2ccnc3nc(-c4n[nH]c5ccc(-c6cncc(NC(=O)C7CCCCC7)c6)nc45)[nH]c23)c1. The van der Waals surface area contributed by atoms with Gasteiger partial charge in [0.1, 0.15) is 11.3 Å². The van der Waals surface area contributed by atoms with Gasteiger partial charge < -0.3 is 15.0 Å². The summed E-state index contributed by atoms with van der Waals surface area (Å²) >= 11 is 0. The molecule has 0 spiro atoms. The van der Waals surface area contributed by atoms with Crippen LogP contribution in [0, 0.1) is 5.92 Å². The third-order valence-corrected chi connectivity index (χ3v) is 7.68. The number of nitrogens with one attached hydrogen (secondary N) is 3. The van der Waals surface area contributed by atoms with Gasteiger partial charge in [-0.05, 0) is 54.8 Å². The van der Waals surface area contributed by atoms with E-state index in [9.17, 15) is 4.79 Å². The number of hydrogen-bond donors (Lipinski definition) is 3. The quantitative estimate of drug-likeness (QED) is 0.229. The molecule has 0 saturated heterocycles. The van der Waals surface area contributed by atoms with Crippen LogP contribution in [-0.4, -0.2) is 48.1 Å². The predicted octanol–water partition coefficient (Wildman–Crippen LogP) is 6.15. The molecule has 0 atom stereocenters. The number of carbonyl (C=O) groups excluding carboxylic acids is 1. The molecule has 1 aromatic carbocycles. The zero-order valence-electron chi connectivity index (χ0n) is 22.5. The van der Waals surface area contributed by atoms with Crippen molar-refractivity contribution < 1.29 is 9.53 Å². The van der Waals surface area contributed by atoms with Gasteiger partial charge in [-0.1, -0.05) is 31.4 Å². The van der Waals surface area contributed by atoms with Crippen molar-refractivity contribution in [2.75, 3.05) is 12.4 Å². The third kappa shape index (κ3) is 4.77. The number of methoxy groups -OCH3 is 1. The Morgan fingerprint density at radius 3 is 2.78 bits per heavy atom. The third-order valence-electron chi connectivity index (χ3n) is 7.68. The maximum atomic E-state index is 12.8. The topological polar surface area (TPSA) is 134 Å². The number of nitrogens with zero attached hydrogens (tertiary/aromatic N) is 5. The number of pyridine rings is 3. The smallest absolute Gasteiger partial charge is 0.227 e. The number of carbonyl (C=O) groups is 1. The lowest BCUT2D eigenvalue weighted by Gasteiger charge is -2.20. The number of aromatic amines is 2. The summed E-state index contributed by atoms with van der Waals surface area (Å²) in [5.41, 5.74) is 7.54. The van der Waals surface area contributed by atoms with Gasteiger partial charge in [0, 0.05) is 29.4 Å². The molecule has 5 aromatic heterocycles. The highest BCUT2D eigenvalue weighted by molar-refractivity contribution is 5.95. The molecule has 10 nitrogen and oxygen atoms in total. The average Bonchev–Trinajstić information content (AvgIpc) is 3.65. The number of imidazole rings is 1. The van der Waals surface area contributed by atoms with Gasteiger partial charge in [0.05, 0.1) is 35.7 Å². The van der Waals surface area contributed by atoms with Gasteiger partial charge in [-0.15, -0.1) is 0 Å². The maximum Gasteiger partial charge on any atom is 0.227 e. The van der Waals surface area contributed by atoms with E-state index in [2.05, 4.69) is 30.5 Å². The van der Waals surface area contributed by atoms with E-state index in [0.717, 1.165) is 59.2 Å². The largest absolute Gasteiger partial charge is 0.497 e. The molecular weight excluding hydrogens is 516 g/mol. The molecule has 41 heavy (non-hydrogen) atoms. The monoisotopic (exact) mass is 544 g/mol. The van der Waals surface area contributed by atoms with Crippen molar-refractivity contribution in [1.82, 2.24) is 35.1 Å². The second kappa shape index (κ2) is 10.5. The molecule has 0 radical (unpaired) electrons. The summed E-state index contributed by atoms with van der Waals surface area (Å²) < 4.78 is 5.41. The molecule has 204 valence electrons. The van der Waals surface area contributed by atoms with Crippen LogP contribution in [0.15, 0.2) is 67.1 Å². The lowest BCUT2D eigenvalue weighted by atomic mass is 9.88. The second-order valence-electron chi connectivity index (χ2n) is 10.3. The first kappa shape index (κ1) is 24.9. The van der Waals surface area contributed by atoms with E-state index in [4.69, 9.17) is 14.7 Å². The Balaban J connectivity index is 1.22. The number of anilines is 1. The van der Waals surface area contributed by atoms with E-state index in [-0.39, 0.29) is 11.8 Å². The second-order valence-corrected chi connectivity index (χ2v) is 10.3. The Kier molecular flexibility index (Phi) is 6.35. The Labute approximate surface area is 235 Å². The summed E-state index contributed by atoms with van der Waals surface area (Å²) in [6.45, 7) is 0. The van der Waals surface area contributed by atoms with E-state index >= 15 is 0 Å². The van der Waals surface area contributed by atoms with E-state index < -0.39 is 0 Å². The van der Waals surface area contributed by atoms with Crippen molar-refractivity contribution in [3.63, 3.8) is 0 Å². The maximum absolute atomic E-state index is 12.8. The molecule has 0 unspecified atom stereocenters. The number of aromatic nitrogens is 7. The van der Waals surface area contributed by atoms with Crippen LogP contribution in [0.5, 0.6) is 5.75 Å². The van der Waals surface area contributed by atoms with Crippen LogP contribution >= 0.6 is 0 Å². The zero-order chi connectivity index (χ0) is 27.8. The van der Waals surface area contributed by atoms with Crippen LogP contribution in [0.3, 0.4) is 0 Å². The molecular formula is C31H28N8O2. The van der Waals surface area contributed by atoms with Crippen molar-refractivity contribution >= 4 is 33.8 Å². The van der Waals surface area contributed by atoms with Gasteiger partial charge >= 0.3 is 0 Å². The van der Waals surface area contributed by atoms with Gasteiger partial charge in [-0.2, -0.15) is 5.10 Å². The summed E-state index contributed by atoms with van der Waals surface area (Å²) in [4.78, 5) is 34.7. The minimum atomic E-state index is 0.0657. The molecule has 1 saturated carbocycles. The molecule has 1 fully saturated rings. The van der Waals surface area contributed by atoms with E-state index in [0.29, 0.717) is 34.1 Å². The minimum absolute atomic E-state index is 0.0657. The summed E-state index contributed by atoms with van der Waals surface area (Å²) in [7, 11) is 1.65. The average molecular weight is 545 g/mol. The normalized spacial score (nSPS) is 14.0. The van der Waals surface area contributed by atoms with Crippen molar-refractivity contribution in [2.45, 2.75) is 32.1 Å². The van der Waals surface area contributed by atoms with Gasteiger partial charge in [0.25, 0.3) is 0 Å². The first-order valence-electron chi connectivity index (χ1n) is 13.8. The lowest BCUT2D eigenvalue weighted by Crippen LogP contribution is -2.24. The molecule has 0 aliphatic heterocycles. The van der Waals surface area contributed by atoms with Crippen molar-refractivity contribution in [1.29, 1.82) is 0 Å². The standard InChI is InChI=1S/C31H28N8O2/c1-41-22-9-5-8-19(15-22)23-12-13-33-29-26(23)36-30(37-29)28-27-25(38-39-28)11-10-24(35-27)20-14-21(17-32-16-20)34-31(40)18-6-3-2-4-7-18/h5,8-18H,2-4,6-7H2,1H3,(H,34,40)(H,38,39)(H,33,36,37). The highest BCUT2D eigenvalue weighted by Crippen LogP contribution is 2.32. The Morgan fingerprint density at radius 2 is 1.90 bits per heavy atom. The van der Waals surface area contributed by atoms with Gasteiger partial charge in [0.2, 0.25) is 5.91 Å². The Bertz CT molecular complexity index is 1890. The number of H-pyrrole nitrogens is 2. The Morgan fingerprint density at radius 1 is 1.00 bits per heavy atom. The van der Waals surface area contributed by atoms with Gasteiger partial charge in [-0.3, -0.25) is 14.9 Å². The lowest BCUT2D eigenvalue weighted by molar-refractivity contribution is -0.120. The summed E-state index contributed by atoms with van der Waals surface area (Å²) in [5.74, 6) is 1.47. The summed E-state index contributed by atoms with van der Waals surface area (Å²) in [5, 5.41) is 10.6. The molecule has 5 heterocycles. The molecule has 6 aromatic rings. The first-order valence-corrected chi connectivity index (χ1v) is 13.8. The van der Waals surface area contributed by atoms with E-state index in [1.165, 1.54) is 6.42 Å². The van der Waals surface area contributed by atoms with Crippen LogP contribution in [0.2, 0.25) is 0 Å². The van der Waals surface area contributed by atoms with Gasteiger partial charge in [-0.25, -0.2) is 15.0 Å². The molecule has 1 aliphatic rings. The molecule has 3 N–H and O–H groups in total. The van der Waals surface area contributed by atoms with E-state index in [1.54, 1.807) is 25.7 Å². The predicted molar refractivity (Wildman–Crippen MR) is 157 cm³/mol. The number of fused-ring (bicyclic) bond motifs is 2. The van der Waals surface area contributed by atoms with Crippen molar-refractivity contribution in [3.8, 4) is 39.7 Å². The van der Waals surface area contributed by atoms with Crippen LogP contribution in [0.25, 0.3) is 56.1 Å². The Hall–Kier alpha value is -5.12. The molecule has 0 bridgehead atoms. The van der Waals surface area contributed by atoms with Crippen LogP contribution in [0.4, 0.5) is 5.69 Å². The number of rotatable bonds is 6. The van der Waals surface area contributed by atoms with Crippen LogP contribution in [-0.2, 0) is 4.79 Å². The van der Waals surface area contributed by atoms with Crippen LogP contribution < -0.4 is 10.1 Å². The first-order chi connectivity index (χ1) is 20.2. The molecule has 1 amide bonds. The van der Waals surface area contributed by atoms with Crippen molar-refractivity contribution in [3.05, 3.63) is 67.1 Å². The molecule has 7 rings (SSSR count). The fourth-order valence-electron chi connectivity index (χ4n) is 5.54. The highest BCUT2D eigenvalue weighted by atomic mass is 16.5. The highest BCUT2D eigenvalue weighted by Gasteiger charge is 2.22. The molecule has 1 aliphatic carbocycles. The summed E-state index contributed by atoms with van der Waals surface area (Å²) in [6.07, 6.45) is 10.5. The van der Waals surface area contributed by atoms with Crippen molar-refractivity contribution in [2.24, 2.45) is 5.92 Å².